The number of rotatable bonds is 5. The highest BCUT2D eigenvalue weighted by Gasteiger charge is 2.35. The molecule has 0 fully saturated rings. The Hall–Kier alpha value is -3.16. The van der Waals surface area contributed by atoms with Crippen LogP contribution in [-0.4, -0.2) is 31.5 Å². The van der Waals surface area contributed by atoms with E-state index in [0.29, 0.717) is 16.7 Å². The van der Waals surface area contributed by atoms with Gasteiger partial charge in [-0.05, 0) is 48.4 Å². The number of thioether (sulfide) groups is 1. The van der Waals surface area contributed by atoms with Gasteiger partial charge in [-0.15, -0.1) is 0 Å². The number of hydrogen-bond donors (Lipinski definition) is 1. The molecule has 1 amide bonds. The molecule has 0 atom stereocenters. The Morgan fingerprint density at radius 2 is 1.94 bits per heavy atom. The van der Waals surface area contributed by atoms with Crippen molar-refractivity contribution in [1.82, 2.24) is 9.58 Å². The third-order valence-electron chi connectivity index (χ3n) is 5.38. The fourth-order valence-corrected chi connectivity index (χ4v) is 5.02. The molecule has 0 saturated carbocycles. The van der Waals surface area contributed by atoms with Gasteiger partial charge < -0.3 is 4.57 Å². The van der Waals surface area contributed by atoms with Gasteiger partial charge in [-0.2, -0.15) is 15.1 Å². The third-order valence-corrected chi connectivity index (χ3v) is 6.71. The van der Waals surface area contributed by atoms with E-state index in [4.69, 9.17) is 17.0 Å². The SMILES string of the molecule is CCCC1=NN2C(=N)/C(=C\c3cn(Cc4ccccc4Cl)c4ccccc34)C(=O)N=C2S1. The molecule has 2 aliphatic heterocycles. The second-order valence-electron chi connectivity index (χ2n) is 7.58. The minimum Gasteiger partial charge on any atom is -0.342 e. The molecule has 0 spiro atoms. The summed E-state index contributed by atoms with van der Waals surface area (Å²) in [6.45, 7) is 2.67. The van der Waals surface area contributed by atoms with Gasteiger partial charge in [0, 0.05) is 34.2 Å². The number of amidine groups is 2. The van der Waals surface area contributed by atoms with Gasteiger partial charge in [0.25, 0.3) is 5.91 Å². The van der Waals surface area contributed by atoms with E-state index in [2.05, 4.69) is 21.6 Å². The van der Waals surface area contributed by atoms with E-state index < -0.39 is 5.91 Å². The number of para-hydroxylation sites is 1. The number of fused-ring (bicyclic) bond motifs is 2. The van der Waals surface area contributed by atoms with Crippen LogP contribution in [0.25, 0.3) is 17.0 Å². The third kappa shape index (κ3) is 3.67. The highest BCUT2D eigenvalue weighted by atomic mass is 35.5. The van der Waals surface area contributed by atoms with Crippen molar-refractivity contribution < 1.29 is 4.79 Å². The first-order valence-electron chi connectivity index (χ1n) is 10.4. The molecular formula is C24H20ClN5OS. The molecule has 1 N–H and O–H groups in total. The standard InChI is InChI=1S/C24H20ClN5OS/c1-2-7-21-28-30-22(26)18(23(31)27-24(30)32-21)12-16-14-29(20-11-6-4-9-17(16)20)13-15-8-3-5-10-19(15)25/h3-6,8-12,14,26H,2,7,13H2,1H3/b18-12+,26-22?. The van der Waals surface area contributed by atoms with E-state index in [1.54, 1.807) is 6.08 Å². The van der Waals surface area contributed by atoms with E-state index >= 15 is 0 Å². The zero-order valence-electron chi connectivity index (χ0n) is 17.4. The summed E-state index contributed by atoms with van der Waals surface area (Å²) >= 11 is 7.74. The fraction of sp³-hybridized carbons (Fsp3) is 0.167. The van der Waals surface area contributed by atoms with Crippen LogP contribution in [0, 0.1) is 5.41 Å². The molecule has 160 valence electrons. The van der Waals surface area contributed by atoms with Gasteiger partial charge in [-0.3, -0.25) is 10.2 Å². The van der Waals surface area contributed by atoms with Crippen molar-refractivity contribution in [2.45, 2.75) is 26.3 Å². The number of aromatic nitrogens is 1. The molecule has 0 radical (unpaired) electrons. The summed E-state index contributed by atoms with van der Waals surface area (Å²) in [5.41, 5.74) is 3.12. The van der Waals surface area contributed by atoms with Gasteiger partial charge in [0.05, 0.1) is 5.57 Å². The average molecular weight is 462 g/mol. The molecule has 0 saturated heterocycles. The predicted octanol–water partition coefficient (Wildman–Crippen LogP) is 5.76. The maximum absolute atomic E-state index is 12.8. The van der Waals surface area contributed by atoms with Gasteiger partial charge in [0.2, 0.25) is 5.17 Å². The quantitative estimate of drug-likeness (QED) is 0.490. The van der Waals surface area contributed by atoms with Gasteiger partial charge >= 0.3 is 0 Å². The minimum absolute atomic E-state index is 0.0570. The summed E-state index contributed by atoms with van der Waals surface area (Å²) in [4.78, 5) is 17.0. The number of halogens is 1. The number of hydrazone groups is 1. The molecular weight excluding hydrogens is 442 g/mol. The number of nitrogens with one attached hydrogen (secondary N) is 1. The molecule has 5 rings (SSSR count). The number of hydrogen-bond acceptors (Lipinski definition) is 4. The lowest BCUT2D eigenvalue weighted by Crippen LogP contribution is -2.35. The second kappa shape index (κ2) is 8.41. The predicted molar refractivity (Wildman–Crippen MR) is 132 cm³/mol. The summed E-state index contributed by atoms with van der Waals surface area (Å²) < 4.78 is 2.11. The number of nitrogens with zero attached hydrogens (tertiary/aromatic N) is 4. The maximum atomic E-state index is 12.8. The van der Waals surface area contributed by atoms with Crippen LogP contribution >= 0.6 is 23.4 Å². The van der Waals surface area contributed by atoms with Crippen LogP contribution in [0.2, 0.25) is 5.02 Å². The Morgan fingerprint density at radius 3 is 2.75 bits per heavy atom. The second-order valence-corrected chi connectivity index (χ2v) is 9.03. The Balaban J connectivity index is 1.55. The largest absolute Gasteiger partial charge is 0.342 e. The van der Waals surface area contributed by atoms with E-state index in [1.807, 2.05) is 54.7 Å². The molecule has 2 aliphatic rings. The van der Waals surface area contributed by atoms with Crippen LogP contribution in [0.3, 0.4) is 0 Å². The first-order valence-corrected chi connectivity index (χ1v) is 11.5. The molecule has 6 nitrogen and oxygen atoms in total. The molecule has 0 unspecified atom stereocenters. The Labute approximate surface area is 194 Å². The molecule has 3 heterocycles. The highest BCUT2D eigenvalue weighted by molar-refractivity contribution is 8.26. The van der Waals surface area contributed by atoms with E-state index in [9.17, 15) is 4.79 Å². The lowest BCUT2D eigenvalue weighted by atomic mass is 10.1. The Kier molecular flexibility index (Phi) is 5.45. The Bertz CT molecular complexity index is 1350. The van der Waals surface area contributed by atoms with Crippen LogP contribution in [0.4, 0.5) is 0 Å². The zero-order chi connectivity index (χ0) is 22.2. The Morgan fingerprint density at radius 1 is 1.16 bits per heavy atom. The van der Waals surface area contributed by atoms with Crippen LogP contribution in [0.15, 0.2) is 70.4 Å². The van der Waals surface area contributed by atoms with Crippen LogP contribution < -0.4 is 0 Å². The van der Waals surface area contributed by atoms with Crippen molar-refractivity contribution in [3.8, 4) is 0 Å². The van der Waals surface area contributed by atoms with Crippen molar-refractivity contribution in [1.29, 1.82) is 5.41 Å². The summed E-state index contributed by atoms with van der Waals surface area (Å²) in [6.07, 6.45) is 5.48. The normalized spacial score (nSPS) is 17.2. The van der Waals surface area contributed by atoms with Crippen molar-refractivity contribution in [3.05, 3.63) is 76.5 Å². The van der Waals surface area contributed by atoms with Crippen LogP contribution in [0.5, 0.6) is 0 Å². The number of carbonyl (C=O) groups excluding carboxylic acids is 1. The van der Waals surface area contributed by atoms with Crippen molar-refractivity contribution in [2.24, 2.45) is 10.1 Å². The van der Waals surface area contributed by atoms with Gasteiger partial charge in [-0.25, -0.2) is 0 Å². The first-order chi connectivity index (χ1) is 15.5. The van der Waals surface area contributed by atoms with Crippen molar-refractivity contribution >= 4 is 62.3 Å². The molecule has 8 heteroatoms. The summed E-state index contributed by atoms with van der Waals surface area (Å²) in [6, 6.07) is 15.8. The zero-order valence-corrected chi connectivity index (χ0v) is 19.0. The monoisotopic (exact) mass is 461 g/mol. The molecule has 0 aliphatic carbocycles. The molecule has 32 heavy (non-hydrogen) atoms. The maximum Gasteiger partial charge on any atom is 0.283 e. The van der Waals surface area contributed by atoms with Crippen molar-refractivity contribution in [3.63, 3.8) is 0 Å². The number of aliphatic imine (C=N–C) groups is 1. The number of benzene rings is 2. The summed E-state index contributed by atoms with van der Waals surface area (Å²) in [7, 11) is 0. The summed E-state index contributed by atoms with van der Waals surface area (Å²) in [5.74, 6) is -0.355. The van der Waals surface area contributed by atoms with E-state index in [-0.39, 0.29) is 11.4 Å². The lowest BCUT2D eigenvalue weighted by Gasteiger charge is -2.20. The number of amides is 1. The molecule has 1 aromatic heterocycles. The smallest absolute Gasteiger partial charge is 0.283 e. The first kappa shape index (κ1) is 20.7. The van der Waals surface area contributed by atoms with Crippen molar-refractivity contribution in [2.75, 3.05) is 0 Å². The highest BCUT2D eigenvalue weighted by Crippen LogP contribution is 2.31. The molecule has 0 bridgehead atoms. The van der Waals surface area contributed by atoms with Crippen LogP contribution in [-0.2, 0) is 11.3 Å². The molecule has 3 aromatic rings. The van der Waals surface area contributed by atoms with Gasteiger partial charge in [0.1, 0.15) is 5.04 Å². The van der Waals surface area contributed by atoms with Crippen LogP contribution in [0.1, 0.15) is 30.9 Å². The van der Waals surface area contributed by atoms with E-state index in [0.717, 1.165) is 39.9 Å². The number of carbonyl (C=O) groups is 1. The topological polar surface area (TPSA) is 73.8 Å². The molecule has 2 aromatic carbocycles. The summed E-state index contributed by atoms with van der Waals surface area (Å²) in [5, 5.41) is 17.6. The minimum atomic E-state index is -0.412. The average Bonchev–Trinajstić information content (AvgIpc) is 3.34. The fourth-order valence-electron chi connectivity index (χ4n) is 3.83. The van der Waals surface area contributed by atoms with Gasteiger partial charge in [0.15, 0.2) is 5.84 Å². The van der Waals surface area contributed by atoms with Gasteiger partial charge in [-0.1, -0.05) is 54.9 Å². The van der Waals surface area contributed by atoms with E-state index in [1.165, 1.54) is 16.8 Å². The lowest BCUT2D eigenvalue weighted by molar-refractivity contribution is -0.114.